The van der Waals surface area contributed by atoms with E-state index in [4.69, 9.17) is 5.11 Å². The van der Waals surface area contributed by atoms with Crippen molar-refractivity contribution >= 4 is 33.2 Å². The Morgan fingerprint density at radius 2 is 2.31 bits per heavy atom. The van der Waals surface area contributed by atoms with Gasteiger partial charge in [-0.15, -0.1) is 11.3 Å². The first-order valence-electron chi connectivity index (χ1n) is 5.25. The summed E-state index contributed by atoms with van der Waals surface area (Å²) >= 11 is 4.96. The maximum absolute atomic E-state index is 12.1. The van der Waals surface area contributed by atoms with E-state index in [1.54, 1.807) is 16.2 Å². The first-order chi connectivity index (χ1) is 7.60. The highest BCUT2D eigenvalue weighted by atomic mass is 79.9. The second-order valence-electron chi connectivity index (χ2n) is 3.51. The molecule has 1 aromatic heterocycles. The summed E-state index contributed by atoms with van der Waals surface area (Å²) in [6, 6.07) is 3.91. The van der Waals surface area contributed by atoms with Crippen LogP contribution in [0.4, 0.5) is 0 Å². The number of hydrogen-bond donors (Lipinski definition) is 1. The van der Waals surface area contributed by atoms with Gasteiger partial charge in [0.2, 0.25) is 5.91 Å². The molecule has 1 heterocycles. The third kappa shape index (κ3) is 3.30. The Hall–Kier alpha value is -0.390. The van der Waals surface area contributed by atoms with E-state index in [9.17, 15) is 4.79 Å². The van der Waals surface area contributed by atoms with Crippen molar-refractivity contribution in [3.63, 3.8) is 0 Å². The molecule has 0 aromatic carbocycles. The molecule has 0 aliphatic heterocycles. The Labute approximate surface area is 108 Å². The highest BCUT2D eigenvalue weighted by Gasteiger charge is 2.21. The highest BCUT2D eigenvalue weighted by Crippen LogP contribution is 2.29. The lowest BCUT2D eigenvalue weighted by atomic mass is 10.1. The normalized spacial score (nSPS) is 12.5. The maximum atomic E-state index is 12.1. The van der Waals surface area contributed by atoms with Gasteiger partial charge in [0, 0.05) is 18.0 Å². The zero-order valence-electron chi connectivity index (χ0n) is 9.44. The van der Waals surface area contributed by atoms with E-state index < -0.39 is 0 Å². The van der Waals surface area contributed by atoms with Crippen LogP contribution in [0, 0.1) is 0 Å². The summed E-state index contributed by atoms with van der Waals surface area (Å²) in [4.78, 5) is 14.8. The number of amides is 1. The standard InChI is InChI=1S/C11H16BrNO2S/c1-3-13(6-7-14)11(15)8(2)9-4-5-10(12)16-9/h4-5,8,14H,3,6-7H2,1-2H3. The zero-order valence-corrected chi connectivity index (χ0v) is 11.8. The molecule has 0 aliphatic carbocycles. The van der Waals surface area contributed by atoms with E-state index in [2.05, 4.69) is 15.9 Å². The first kappa shape index (κ1) is 13.7. The van der Waals surface area contributed by atoms with Crippen LogP contribution < -0.4 is 0 Å². The second kappa shape index (κ2) is 6.37. The average Bonchev–Trinajstić information content (AvgIpc) is 2.70. The Morgan fingerprint density at radius 1 is 1.62 bits per heavy atom. The van der Waals surface area contributed by atoms with Crippen molar-refractivity contribution in [2.45, 2.75) is 19.8 Å². The van der Waals surface area contributed by atoms with Crippen molar-refractivity contribution in [3.8, 4) is 0 Å². The van der Waals surface area contributed by atoms with Gasteiger partial charge in [-0.25, -0.2) is 0 Å². The van der Waals surface area contributed by atoms with Crippen LogP contribution >= 0.6 is 27.3 Å². The Balaban J connectivity index is 2.72. The van der Waals surface area contributed by atoms with Gasteiger partial charge in [0.1, 0.15) is 0 Å². The van der Waals surface area contributed by atoms with Crippen LogP contribution in [0.2, 0.25) is 0 Å². The number of carbonyl (C=O) groups excluding carboxylic acids is 1. The van der Waals surface area contributed by atoms with Gasteiger partial charge in [-0.1, -0.05) is 0 Å². The number of carbonyl (C=O) groups is 1. The molecule has 3 nitrogen and oxygen atoms in total. The fraction of sp³-hybridized carbons (Fsp3) is 0.545. The second-order valence-corrected chi connectivity index (χ2v) is 6.00. The molecule has 0 radical (unpaired) electrons. The lowest BCUT2D eigenvalue weighted by Crippen LogP contribution is -2.36. The fourth-order valence-electron chi connectivity index (χ4n) is 1.50. The molecule has 1 aromatic rings. The average molecular weight is 306 g/mol. The van der Waals surface area contributed by atoms with Gasteiger partial charge in [-0.2, -0.15) is 0 Å². The summed E-state index contributed by atoms with van der Waals surface area (Å²) in [7, 11) is 0. The maximum Gasteiger partial charge on any atom is 0.230 e. The predicted molar refractivity (Wildman–Crippen MR) is 69.8 cm³/mol. The number of rotatable bonds is 5. The monoisotopic (exact) mass is 305 g/mol. The van der Waals surface area contributed by atoms with Crippen molar-refractivity contribution < 1.29 is 9.90 Å². The summed E-state index contributed by atoms with van der Waals surface area (Å²) in [5.74, 6) is -0.0614. The third-order valence-corrected chi connectivity index (χ3v) is 4.26. The number of hydrogen-bond acceptors (Lipinski definition) is 3. The number of likely N-dealkylation sites (N-methyl/N-ethyl adjacent to an activating group) is 1. The van der Waals surface area contributed by atoms with Crippen LogP contribution in [0.1, 0.15) is 24.6 Å². The van der Waals surface area contributed by atoms with Crippen LogP contribution in [0.25, 0.3) is 0 Å². The number of halogens is 1. The van der Waals surface area contributed by atoms with Crippen LogP contribution in [0.5, 0.6) is 0 Å². The van der Waals surface area contributed by atoms with Crippen molar-refractivity contribution in [2.75, 3.05) is 19.7 Å². The topological polar surface area (TPSA) is 40.5 Å². The quantitative estimate of drug-likeness (QED) is 0.908. The molecular weight excluding hydrogens is 290 g/mol. The van der Waals surface area contributed by atoms with E-state index in [0.717, 1.165) is 8.66 Å². The van der Waals surface area contributed by atoms with Gasteiger partial charge >= 0.3 is 0 Å². The molecule has 16 heavy (non-hydrogen) atoms. The lowest BCUT2D eigenvalue weighted by Gasteiger charge is -2.23. The highest BCUT2D eigenvalue weighted by molar-refractivity contribution is 9.11. The molecule has 0 bridgehead atoms. The third-order valence-electron chi connectivity index (χ3n) is 2.45. The van der Waals surface area contributed by atoms with E-state index in [0.29, 0.717) is 13.1 Å². The Morgan fingerprint density at radius 3 is 2.75 bits per heavy atom. The molecule has 0 aliphatic rings. The van der Waals surface area contributed by atoms with Crippen LogP contribution in [0.3, 0.4) is 0 Å². The van der Waals surface area contributed by atoms with Gasteiger partial charge < -0.3 is 10.0 Å². The van der Waals surface area contributed by atoms with E-state index in [-0.39, 0.29) is 18.4 Å². The Kier molecular flexibility index (Phi) is 5.44. The summed E-state index contributed by atoms with van der Waals surface area (Å²) < 4.78 is 1.03. The Bertz CT molecular complexity index is 354. The number of nitrogens with zero attached hydrogens (tertiary/aromatic N) is 1. The molecule has 0 saturated carbocycles. The summed E-state index contributed by atoms with van der Waals surface area (Å²) in [6.07, 6.45) is 0. The zero-order chi connectivity index (χ0) is 12.1. The van der Waals surface area contributed by atoms with Crippen molar-refractivity contribution in [1.29, 1.82) is 0 Å². The fourth-order valence-corrected chi connectivity index (χ4v) is 2.97. The van der Waals surface area contributed by atoms with E-state index in [1.807, 2.05) is 26.0 Å². The summed E-state index contributed by atoms with van der Waals surface area (Å²) in [5, 5.41) is 8.87. The van der Waals surface area contributed by atoms with Gasteiger partial charge in [0.05, 0.1) is 16.3 Å². The minimum absolute atomic E-state index is 0.0143. The molecular formula is C11H16BrNO2S. The predicted octanol–water partition coefficient (Wildman–Crippen LogP) is 2.45. The van der Waals surface area contributed by atoms with Gasteiger partial charge in [0.25, 0.3) is 0 Å². The van der Waals surface area contributed by atoms with E-state index in [1.165, 1.54) is 0 Å². The molecule has 90 valence electrons. The molecule has 0 spiro atoms. The smallest absolute Gasteiger partial charge is 0.230 e. The van der Waals surface area contributed by atoms with Gasteiger partial charge in [-0.05, 0) is 41.9 Å². The molecule has 1 atom stereocenters. The molecule has 0 fully saturated rings. The van der Waals surface area contributed by atoms with Gasteiger partial charge in [0.15, 0.2) is 0 Å². The van der Waals surface area contributed by atoms with Crippen LogP contribution in [-0.4, -0.2) is 35.6 Å². The first-order valence-corrected chi connectivity index (χ1v) is 6.86. The SMILES string of the molecule is CCN(CCO)C(=O)C(C)c1ccc(Br)s1. The van der Waals surface area contributed by atoms with Crippen LogP contribution in [-0.2, 0) is 4.79 Å². The largest absolute Gasteiger partial charge is 0.395 e. The summed E-state index contributed by atoms with van der Waals surface area (Å²) in [5.41, 5.74) is 0. The van der Waals surface area contributed by atoms with E-state index >= 15 is 0 Å². The minimum atomic E-state index is -0.136. The van der Waals surface area contributed by atoms with Crippen LogP contribution in [0.15, 0.2) is 15.9 Å². The lowest BCUT2D eigenvalue weighted by molar-refractivity contribution is -0.132. The number of aliphatic hydroxyl groups is 1. The minimum Gasteiger partial charge on any atom is -0.395 e. The van der Waals surface area contributed by atoms with Gasteiger partial charge in [-0.3, -0.25) is 4.79 Å². The number of thiophene rings is 1. The molecule has 1 rings (SSSR count). The van der Waals surface area contributed by atoms with Crippen molar-refractivity contribution in [3.05, 3.63) is 20.8 Å². The molecule has 0 saturated heterocycles. The molecule has 5 heteroatoms. The molecule has 1 amide bonds. The summed E-state index contributed by atoms with van der Waals surface area (Å²) in [6.45, 7) is 4.88. The molecule has 1 N–H and O–H groups in total. The molecule has 1 unspecified atom stereocenters. The van der Waals surface area contributed by atoms with Crippen molar-refractivity contribution in [1.82, 2.24) is 4.90 Å². The number of aliphatic hydroxyl groups excluding tert-OH is 1. The van der Waals surface area contributed by atoms with Crippen molar-refractivity contribution in [2.24, 2.45) is 0 Å².